The molecule has 2 atom stereocenters. The van der Waals surface area contributed by atoms with Crippen LogP contribution in [0.5, 0.6) is 0 Å². The van der Waals surface area contributed by atoms with Crippen LogP contribution in [-0.4, -0.2) is 16.0 Å². The predicted octanol–water partition coefficient (Wildman–Crippen LogP) is 3.90. The van der Waals surface area contributed by atoms with Crippen molar-refractivity contribution in [3.8, 4) is 0 Å². The van der Waals surface area contributed by atoms with Crippen LogP contribution < -0.4 is 5.32 Å². The van der Waals surface area contributed by atoms with Crippen molar-refractivity contribution in [2.24, 2.45) is 5.92 Å². The number of hydrogen-bond acceptors (Lipinski definition) is 3. The van der Waals surface area contributed by atoms with Crippen LogP contribution >= 0.6 is 0 Å². The number of aromatic nitrogens is 2. The van der Waals surface area contributed by atoms with E-state index in [4.69, 9.17) is 0 Å². The Morgan fingerprint density at radius 1 is 1.22 bits per heavy atom. The van der Waals surface area contributed by atoms with E-state index in [0.717, 1.165) is 23.3 Å². The van der Waals surface area contributed by atoms with E-state index >= 15 is 0 Å². The van der Waals surface area contributed by atoms with Crippen molar-refractivity contribution in [1.29, 1.82) is 0 Å². The van der Waals surface area contributed by atoms with Gasteiger partial charge in [0.25, 0.3) is 0 Å². The smallest absolute Gasteiger partial charge is 0.223 e. The van der Waals surface area contributed by atoms with Crippen molar-refractivity contribution in [1.82, 2.24) is 9.97 Å². The number of nitrogens with zero attached hydrogens (tertiary/aromatic N) is 2. The monoisotopic (exact) mass is 247 g/mol. The lowest BCUT2D eigenvalue weighted by Gasteiger charge is -2.29. The summed E-state index contributed by atoms with van der Waals surface area (Å²) in [6, 6.07) is 2.63. The van der Waals surface area contributed by atoms with E-state index in [1.165, 1.54) is 25.7 Å². The Hall–Kier alpha value is -1.12. The van der Waals surface area contributed by atoms with Gasteiger partial charge in [-0.15, -0.1) is 0 Å². The highest BCUT2D eigenvalue weighted by atomic mass is 15.1. The van der Waals surface area contributed by atoms with Crippen LogP contribution in [0.1, 0.15) is 63.8 Å². The maximum absolute atomic E-state index is 4.64. The number of anilines is 1. The zero-order chi connectivity index (χ0) is 13.1. The minimum absolute atomic E-state index is 0.455. The summed E-state index contributed by atoms with van der Waals surface area (Å²) < 4.78 is 0. The molecule has 1 heterocycles. The highest BCUT2D eigenvalue weighted by Gasteiger charge is 2.22. The minimum Gasteiger partial charge on any atom is -0.351 e. The van der Waals surface area contributed by atoms with Gasteiger partial charge >= 0.3 is 0 Å². The van der Waals surface area contributed by atoms with E-state index in [1.807, 2.05) is 6.92 Å². The lowest BCUT2D eigenvalue weighted by molar-refractivity contribution is 0.348. The normalized spacial score (nSPS) is 24.3. The van der Waals surface area contributed by atoms with Gasteiger partial charge < -0.3 is 5.32 Å². The molecule has 1 aliphatic carbocycles. The molecule has 1 aromatic rings. The van der Waals surface area contributed by atoms with Crippen LogP contribution in [-0.2, 0) is 0 Å². The van der Waals surface area contributed by atoms with Gasteiger partial charge in [0.2, 0.25) is 5.95 Å². The molecule has 0 bridgehead atoms. The van der Waals surface area contributed by atoms with Crippen molar-refractivity contribution >= 4 is 5.95 Å². The Morgan fingerprint density at radius 2 is 1.94 bits per heavy atom. The molecule has 3 heteroatoms. The molecule has 2 rings (SSSR count). The molecule has 1 aromatic heterocycles. The average Bonchev–Trinajstić information content (AvgIpc) is 2.31. The van der Waals surface area contributed by atoms with Gasteiger partial charge in [0.05, 0.1) is 0 Å². The molecule has 1 aliphatic rings. The summed E-state index contributed by atoms with van der Waals surface area (Å²) in [4.78, 5) is 9.16. The lowest BCUT2D eigenvalue weighted by atomic mass is 9.86. The Kier molecular flexibility index (Phi) is 4.20. The molecular weight excluding hydrogens is 222 g/mol. The van der Waals surface area contributed by atoms with Gasteiger partial charge in [0.1, 0.15) is 0 Å². The summed E-state index contributed by atoms with van der Waals surface area (Å²) in [5.74, 6) is 2.00. The second kappa shape index (κ2) is 5.68. The topological polar surface area (TPSA) is 37.8 Å². The number of nitrogens with one attached hydrogen (secondary N) is 1. The van der Waals surface area contributed by atoms with Crippen LogP contribution in [0.25, 0.3) is 0 Å². The third-order valence-electron chi connectivity index (χ3n) is 3.89. The molecule has 1 fully saturated rings. The minimum atomic E-state index is 0.455. The van der Waals surface area contributed by atoms with E-state index < -0.39 is 0 Å². The van der Waals surface area contributed by atoms with Gasteiger partial charge in [-0.25, -0.2) is 9.97 Å². The molecule has 18 heavy (non-hydrogen) atoms. The van der Waals surface area contributed by atoms with Crippen molar-refractivity contribution in [3.05, 3.63) is 17.5 Å². The van der Waals surface area contributed by atoms with Crippen LogP contribution in [0.2, 0.25) is 0 Å². The Bertz CT molecular complexity index is 401. The number of hydrogen-bond donors (Lipinski definition) is 1. The van der Waals surface area contributed by atoms with Gasteiger partial charge in [-0.05, 0) is 37.7 Å². The highest BCUT2D eigenvalue weighted by molar-refractivity contribution is 5.30. The molecule has 0 aromatic carbocycles. The second-order valence-corrected chi connectivity index (χ2v) is 5.93. The van der Waals surface area contributed by atoms with E-state index in [0.29, 0.717) is 12.0 Å². The van der Waals surface area contributed by atoms with Crippen molar-refractivity contribution < 1.29 is 0 Å². The van der Waals surface area contributed by atoms with Crippen LogP contribution in [0.15, 0.2) is 6.07 Å². The Morgan fingerprint density at radius 3 is 2.61 bits per heavy atom. The maximum Gasteiger partial charge on any atom is 0.223 e. The first kappa shape index (κ1) is 13.3. The fraction of sp³-hybridized carbons (Fsp3) is 0.733. The molecule has 2 unspecified atom stereocenters. The fourth-order valence-electron chi connectivity index (χ4n) is 2.65. The lowest BCUT2D eigenvalue weighted by Crippen LogP contribution is -2.31. The second-order valence-electron chi connectivity index (χ2n) is 5.93. The molecule has 0 amide bonds. The number of rotatable bonds is 3. The van der Waals surface area contributed by atoms with Crippen LogP contribution in [0.3, 0.4) is 0 Å². The van der Waals surface area contributed by atoms with Crippen LogP contribution in [0, 0.1) is 12.8 Å². The standard InChI is InChI=1S/C15H25N3/c1-10(2)14-9-12(4)16-15(18-14)17-13-8-6-5-7-11(13)3/h9-11,13H,5-8H2,1-4H3,(H,16,17,18). The van der Waals surface area contributed by atoms with Gasteiger partial charge in [-0.2, -0.15) is 0 Å². The molecular formula is C15H25N3. The maximum atomic E-state index is 4.64. The molecule has 1 N–H and O–H groups in total. The Labute approximate surface area is 110 Å². The quantitative estimate of drug-likeness (QED) is 0.880. The molecule has 0 radical (unpaired) electrons. The molecule has 0 aliphatic heterocycles. The van der Waals surface area contributed by atoms with Crippen molar-refractivity contribution in [3.63, 3.8) is 0 Å². The fourth-order valence-corrected chi connectivity index (χ4v) is 2.65. The van der Waals surface area contributed by atoms with Crippen molar-refractivity contribution in [2.75, 3.05) is 5.32 Å². The summed E-state index contributed by atoms with van der Waals surface area (Å²) in [6.07, 6.45) is 5.26. The highest BCUT2D eigenvalue weighted by Crippen LogP contribution is 2.26. The first-order valence-electron chi connectivity index (χ1n) is 7.18. The first-order valence-corrected chi connectivity index (χ1v) is 7.18. The SMILES string of the molecule is Cc1cc(C(C)C)nc(NC2CCCCC2C)n1. The molecule has 0 spiro atoms. The molecule has 1 saturated carbocycles. The number of aryl methyl sites for hydroxylation is 1. The molecule has 0 saturated heterocycles. The molecule has 100 valence electrons. The summed E-state index contributed by atoms with van der Waals surface area (Å²) in [5, 5.41) is 3.54. The van der Waals surface area contributed by atoms with Crippen molar-refractivity contribution in [2.45, 2.75) is 65.3 Å². The van der Waals surface area contributed by atoms with Crippen LogP contribution in [0.4, 0.5) is 5.95 Å². The average molecular weight is 247 g/mol. The van der Waals surface area contributed by atoms with E-state index in [1.54, 1.807) is 0 Å². The summed E-state index contributed by atoms with van der Waals surface area (Å²) in [5.41, 5.74) is 2.19. The van der Waals surface area contributed by atoms with E-state index in [9.17, 15) is 0 Å². The summed E-state index contributed by atoms with van der Waals surface area (Å²) >= 11 is 0. The molecule has 3 nitrogen and oxygen atoms in total. The van der Waals surface area contributed by atoms with Gasteiger partial charge in [0.15, 0.2) is 0 Å². The largest absolute Gasteiger partial charge is 0.351 e. The van der Waals surface area contributed by atoms with Gasteiger partial charge in [-0.1, -0.05) is 33.6 Å². The van der Waals surface area contributed by atoms with Gasteiger partial charge in [0, 0.05) is 17.4 Å². The zero-order valence-corrected chi connectivity index (χ0v) is 12.0. The third kappa shape index (κ3) is 3.21. The van der Waals surface area contributed by atoms with E-state index in [2.05, 4.69) is 42.1 Å². The van der Waals surface area contributed by atoms with E-state index in [-0.39, 0.29) is 0 Å². The predicted molar refractivity (Wildman–Crippen MR) is 75.9 cm³/mol. The summed E-state index contributed by atoms with van der Waals surface area (Å²) in [7, 11) is 0. The summed E-state index contributed by atoms with van der Waals surface area (Å²) in [6.45, 7) is 8.72. The van der Waals surface area contributed by atoms with Gasteiger partial charge in [-0.3, -0.25) is 0 Å². The Balaban J connectivity index is 2.12. The zero-order valence-electron chi connectivity index (χ0n) is 12.0. The first-order chi connectivity index (χ1) is 8.56. The third-order valence-corrected chi connectivity index (χ3v) is 3.89.